The predicted molar refractivity (Wildman–Crippen MR) is 263 cm³/mol. The standard InChI is InChI=1S/C53H78N4O11/c1-5-9-10-11-12-13-14-15-16-19-30-54-51(60)67-42-28-29-47-45(36-42)49-43(23-18-21-33-59)40(22-17-20-32-58)35-44-46(55-66-38-39-24-26-41(27-25-39)57(62)63)37-48(56(31-6-2)52(61)64-8-4)53(68-47,50(44)49)65-34-7-3/h7,24-29,35-36,40,43,48-50,58-59H,3,5-6,8-23,30-34,37-38H2,1-2,4H3,(H,54,60)/t40-,43+,48-,49+,50+,53+/m0/s1. The molecule has 376 valence electrons. The van der Waals surface area contributed by atoms with Gasteiger partial charge < -0.3 is 39.3 Å². The van der Waals surface area contributed by atoms with Crippen LogP contribution in [-0.2, 0) is 20.9 Å². The van der Waals surface area contributed by atoms with Crippen molar-refractivity contribution < 1.29 is 48.5 Å². The third-order valence-corrected chi connectivity index (χ3v) is 13.6. The van der Waals surface area contributed by atoms with Crippen molar-refractivity contribution in [2.45, 2.75) is 161 Å². The summed E-state index contributed by atoms with van der Waals surface area (Å²) in [5, 5.41) is 39.0. The van der Waals surface area contributed by atoms with Crippen LogP contribution in [0.5, 0.6) is 11.5 Å². The Morgan fingerprint density at radius 2 is 1.62 bits per heavy atom. The van der Waals surface area contributed by atoms with E-state index in [9.17, 15) is 29.9 Å². The summed E-state index contributed by atoms with van der Waals surface area (Å²) in [6.07, 6.45) is 19.9. The fourth-order valence-electron chi connectivity index (χ4n) is 10.4. The molecule has 1 aliphatic heterocycles. The van der Waals surface area contributed by atoms with Crippen molar-refractivity contribution in [3.8, 4) is 11.5 Å². The first-order chi connectivity index (χ1) is 33.2. The smallest absolute Gasteiger partial charge is 0.412 e. The molecule has 2 amide bonds. The number of fused-ring (bicyclic) bond motifs is 2. The molecule has 3 aliphatic rings. The topological polar surface area (TPSA) is 192 Å². The van der Waals surface area contributed by atoms with Crippen LogP contribution in [0.3, 0.4) is 0 Å². The molecule has 1 saturated carbocycles. The van der Waals surface area contributed by atoms with Crippen molar-refractivity contribution >= 4 is 23.6 Å². The monoisotopic (exact) mass is 947 g/mol. The molecule has 0 bridgehead atoms. The number of amides is 2. The minimum atomic E-state index is -1.48. The lowest BCUT2D eigenvalue weighted by molar-refractivity contribution is -0.384. The minimum absolute atomic E-state index is 0.0123. The lowest BCUT2D eigenvalue weighted by atomic mass is 9.55. The number of carbonyl (C=O) groups is 2. The van der Waals surface area contributed by atoms with Gasteiger partial charge in [-0.25, -0.2) is 9.59 Å². The average molecular weight is 947 g/mol. The van der Waals surface area contributed by atoms with E-state index in [2.05, 4.69) is 24.9 Å². The van der Waals surface area contributed by atoms with E-state index in [1.165, 1.54) is 57.1 Å². The molecule has 1 fully saturated rings. The number of allylic oxidation sites excluding steroid dienone is 1. The van der Waals surface area contributed by atoms with Gasteiger partial charge in [0, 0.05) is 56.3 Å². The fraction of sp³-hybridized carbons (Fsp3) is 0.642. The maximum atomic E-state index is 14.1. The zero-order chi connectivity index (χ0) is 48.7. The number of hydrogen-bond acceptors (Lipinski definition) is 12. The van der Waals surface area contributed by atoms with Gasteiger partial charge in [0.25, 0.3) is 5.69 Å². The van der Waals surface area contributed by atoms with Crippen molar-refractivity contribution in [3.63, 3.8) is 0 Å². The molecule has 68 heavy (non-hydrogen) atoms. The van der Waals surface area contributed by atoms with E-state index < -0.39 is 34.9 Å². The van der Waals surface area contributed by atoms with Gasteiger partial charge in [-0.15, -0.1) is 6.58 Å². The first-order valence-electron chi connectivity index (χ1n) is 25.5. The van der Waals surface area contributed by atoms with Crippen LogP contribution >= 0.6 is 0 Å². The number of rotatable bonds is 31. The Kier molecular flexibility index (Phi) is 22.6. The molecular formula is C53H78N4O11. The molecule has 6 atom stereocenters. The van der Waals surface area contributed by atoms with Crippen LogP contribution in [0, 0.1) is 27.9 Å². The van der Waals surface area contributed by atoms with Crippen molar-refractivity contribution in [2.24, 2.45) is 22.9 Å². The van der Waals surface area contributed by atoms with Crippen molar-refractivity contribution in [1.29, 1.82) is 0 Å². The van der Waals surface area contributed by atoms with Gasteiger partial charge in [0.05, 0.1) is 29.8 Å². The highest BCUT2D eigenvalue weighted by atomic mass is 16.7. The molecule has 0 spiro atoms. The number of non-ortho nitro benzene ring substituents is 1. The summed E-state index contributed by atoms with van der Waals surface area (Å²) >= 11 is 0. The summed E-state index contributed by atoms with van der Waals surface area (Å²) in [5.41, 5.74) is 2.92. The molecule has 1 heterocycles. The zero-order valence-electron chi connectivity index (χ0n) is 40.9. The molecule has 15 heteroatoms. The largest absolute Gasteiger partial charge is 0.459 e. The number of carbonyl (C=O) groups excluding carboxylic acids is 2. The summed E-state index contributed by atoms with van der Waals surface area (Å²) in [4.78, 5) is 46.1. The van der Waals surface area contributed by atoms with E-state index in [0.717, 1.165) is 56.1 Å². The lowest BCUT2D eigenvalue weighted by Gasteiger charge is -2.59. The number of benzene rings is 2. The Morgan fingerprint density at radius 3 is 2.26 bits per heavy atom. The van der Waals surface area contributed by atoms with Gasteiger partial charge in [-0.3, -0.25) is 15.0 Å². The van der Waals surface area contributed by atoms with E-state index in [4.69, 9.17) is 28.9 Å². The Hall–Kier alpha value is -4.99. The second-order valence-corrected chi connectivity index (χ2v) is 18.4. The van der Waals surface area contributed by atoms with Crippen LogP contribution in [-0.4, -0.2) is 89.3 Å². The van der Waals surface area contributed by atoms with Crippen LogP contribution in [0.4, 0.5) is 15.3 Å². The molecule has 0 radical (unpaired) electrons. The Bertz CT molecular complexity index is 1960. The minimum Gasteiger partial charge on any atom is -0.459 e. The Balaban J connectivity index is 1.55. The number of hydrogen-bond donors (Lipinski definition) is 3. The van der Waals surface area contributed by atoms with Gasteiger partial charge in [0.15, 0.2) is 0 Å². The first kappa shape index (κ1) is 54.0. The molecule has 5 rings (SSSR count). The number of nitrogens with one attached hydrogen (secondary N) is 1. The van der Waals surface area contributed by atoms with E-state index >= 15 is 0 Å². The van der Waals surface area contributed by atoms with Crippen LogP contribution in [0.25, 0.3) is 0 Å². The normalized spacial score (nSPS) is 22.0. The number of aliphatic hydroxyl groups is 2. The zero-order valence-corrected chi connectivity index (χ0v) is 40.9. The molecule has 0 unspecified atom stereocenters. The fourth-order valence-corrected chi connectivity index (χ4v) is 10.4. The van der Waals surface area contributed by atoms with E-state index in [1.807, 2.05) is 19.1 Å². The number of oxime groups is 1. The molecule has 2 aromatic carbocycles. The van der Waals surface area contributed by atoms with Gasteiger partial charge in [-0.05, 0) is 98.8 Å². The van der Waals surface area contributed by atoms with Crippen LogP contribution in [0.2, 0.25) is 0 Å². The number of unbranched alkanes of at least 4 members (excludes halogenated alkanes) is 11. The van der Waals surface area contributed by atoms with Gasteiger partial charge in [0.1, 0.15) is 24.1 Å². The molecular weight excluding hydrogens is 869 g/mol. The van der Waals surface area contributed by atoms with Gasteiger partial charge >= 0.3 is 12.2 Å². The molecule has 2 aliphatic carbocycles. The third-order valence-electron chi connectivity index (χ3n) is 13.6. The number of nitrogens with zero attached hydrogens (tertiary/aromatic N) is 3. The number of nitro benzene ring substituents is 1. The number of ether oxygens (including phenoxy) is 4. The van der Waals surface area contributed by atoms with Crippen LogP contribution in [0.1, 0.15) is 153 Å². The Morgan fingerprint density at radius 1 is 0.926 bits per heavy atom. The Labute approximate surface area is 403 Å². The van der Waals surface area contributed by atoms with E-state index in [0.29, 0.717) is 55.1 Å². The van der Waals surface area contributed by atoms with Crippen molar-refractivity contribution in [2.75, 3.05) is 39.5 Å². The molecule has 3 N–H and O–H groups in total. The summed E-state index contributed by atoms with van der Waals surface area (Å²) in [7, 11) is 0. The summed E-state index contributed by atoms with van der Waals surface area (Å²) < 4.78 is 25.9. The summed E-state index contributed by atoms with van der Waals surface area (Å²) in [5.74, 6) is -1.52. The summed E-state index contributed by atoms with van der Waals surface area (Å²) in [6, 6.07) is 10.8. The molecule has 2 aromatic rings. The van der Waals surface area contributed by atoms with Gasteiger partial charge in [-0.1, -0.05) is 102 Å². The predicted octanol–water partition coefficient (Wildman–Crippen LogP) is 11.3. The van der Waals surface area contributed by atoms with Crippen molar-refractivity contribution in [1.82, 2.24) is 10.2 Å². The SMILES string of the molecule is C=CCO[C@@]12Oc3ccc(OC(=O)NCCCCCCCCCCCC)cc3[C@H]3[C@H](CCCCO)[C@@H](CCCCO)C=C(C(=NOCc4ccc([N+](=O)[O-])cc4)C[C@@H]1N(CCC)C(=O)OCC)[C@H]32. The maximum Gasteiger partial charge on any atom is 0.412 e. The third kappa shape index (κ3) is 14.5. The highest BCUT2D eigenvalue weighted by Crippen LogP contribution is 2.62. The van der Waals surface area contributed by atoms with E-state index in [-0.39, 0.29) is 62.9 Å². The maximum absolute atomic E-state index is 14.1. The lowest BCUT2D eigenvalue weighted by Crippen LogP contribution is -2.70. The number of nitro groups is 1. The van der Waals surface area contributed by atoms with Crippen LogP contribution in [0.15, 0.2) is 71.9 Å². The molecule has 15 nitrogen and oxygen atoms in total. The molecule has 0 saturated heterocycles. The summed E-state index contributed by atoms with van der Waals surface area (Å²) in [6.45, 7) is 11.2. The average Bonchev–Trinajstić information content (AvgIpc) is 3.33. The molecule has 0 aromatic heterocycles. The van der Waals surface area contributed by atoms with Crippen molar-refractivity contribution in [3.05, 3.63) is 88.0 Å². The van der Waals surface area contributed by atoms with Crippen LogP contribution < -0.4 is 14.8 Å². The highest BCUT2D eigenvalue weighted by Gasteiger charge is 2.65. The van der Waals surface area contributed by atoms with Gasteiger partial charge in [-0.2, -0.15) is 0 Å². The second kappa shape index (κ2) is 28.5. The highest BCUT2D eigenvalue weighted by molar-refractivity contribution is 6.03. The number of aliphatic hydroxyl groups excluding tert-OH is 2. The first-order valence-corrected chi connectivity index (χ1v) is 25.5. The second-order valence-electron chi connectivity index (χ2n) is 18.4. The van der Waals surface area contributed by atoms with E-state index in [1.54, 1.807) is 36.1 Å². The van der Waals surface area contributed by atoms with Gasteiger partial charge in [0.2, 0.25) is 5.79 Å². The quantitative estimate of drug-likeness (QED) is 0.0282.